The van der Waals surface area contributed by atoms with Crippen LogP contribution in [0, 0.1) is 6.92 Å². The molecule has 18 heavy (non-hydrogen) atoms. The van der Waals surface area contributed by atoms with Crippen LogP contribution in [-0.2, 0) is 13.6 Å². The molecule has 0 aromatic heterocycles. The van der Waals surface area contributed by atoms with Gasteiger partial charge in [-0.3, -0.25) is 4.57 Å². The zero-order valence-corrected chi connectivity index (χ0v) is 13.1. The Bertz CT molecular complexity index is 412. The van der Waals surface area contributed by atoms with Gasteiger partial charge in [0.15, 0.2) is 0 Å². The van der Waals surface area contributed by atoms with E-state index in [1.807, 2.05) is 51.3 Å². The van der Waals surface area contributed by atoms with Crippen LogP contribution in [0.1, 0.15) is 30.0 Å². The Labute approximate surface area is 114 Å². The lowest BCUT2D eigenvalue weighted by atomic mass is 10.1. The fraction of sp³-hybridized carbons (Fsp3) is 0.538. The summed E-state index contributed by atoms with van der Waals surface area (Å²) in [6.07, 6.45) is 1.93. The molecule has 0 aliphatic heterocycles. The standard InChI is InChI=1S/C13H21O3PS/c1-5-15-17(14,16-6-2)13(18-4)12-10-8-7-9-11(12)3/h7-10,13H,5-6H2,1-4H3. The van der Waals surface area contributed by atoms with Gasteiger partial charge in [0.25, 0.3) is 0 Å². The first kappa shape index (κ1) is 15.8. The van der Waals surface area contributed by atoms with Gasteiger partial charge in [-0.1, -0.05) is 24.3 Å². The first-order valence-corrected chi connectivity index (χ1v) is 8.96. The smallest absolute Gasteiger partial charge is 0.308 e. The second-order valence-electron chi connectivity index (χ2n) is 3.82. The molecule has 3 nitrogen and oxygen atoms in total. The van der Waals surface area contributed by atoms with Gasteiger partial charge in [0.05, 0.1) is 13.2 Å². The third-order valence-corrected chi connectivity index (χ3v) is 6.78. The minimum absolute atomic E-state index is 0.265. The monoisotopic (exact) mass is 288 g/mol. The van der Waals surface area contributed by atoms with E-state index in [1.54, 1.807) is 0 Å². The summed E-state index contributed by atoms with van der Waals surface area (Å²) in [5.41, 5.74) is 2.13. The highest BCUT2D eigenvalue weighted by Gasteiger charge is 2.36. The molecule has 1 aromatic carbocycles. The van der Waals surface area contributed by atoms with Crippen LogP contribution in [0.15, 0.2) is 24.3 Å². The van der Waals surface area contributed by atoms with Crippen LogP contribution in [0.5, 0.6) is 0 Å². The molecule has 1 atom stereocenters. The van der Waals surface area contributed by atoms with E-state index in [1.165, 1.54) is 11.8 Å². The van der Waals surface area contributed by atoms with Gasteiger partial charge in [-0.15, -0.1) is 11.8 Å². The molecule has 0 aliphatic rings. The highest BCUT2D eigenvalue weighted by Crippen LogP contribution is 2.65. The fourth-order valence-corrected chi connectivity index (χ4v) is 5.43. The van der Waals surface area contributed by atoms with E-state index in [0.29, 0.717) is 13.2 Å². The van der Waals surface area contributed by atoms with Crippen molar-refractivity contribution in [3.05, 3.63) is 35.4 Å². The molecule has 0 aliphatic carbocycles. The summed E-state index contributed by atoms with van der Waals surface area (Å²) in [4.78, 5) is -0.265. The van der Waals surface area contributed by atoms with Gasteiger partial charge in [-0.25, -0.2) is 0 Å². The lowest BCUT2D eigenvalue weighted by molar-refractivity contribution is 0.218. The molecule has 1 unspecified atom stereocenters. The molecular formula is C13H21O3PS. The first-order chi connectivity index (χ1) is 8.59. The summed E-state index contributed by atoms with van der Waals surface area (Å²) < 4.78 is 23.7. The average Bonchev–Trinajstić information content (AvgIpc) is 2.33. The minimum Gasteiger partial charge on any atom is -0.308 e. The van der Waals surface area contributed by atoms with E-state index in [-0.39, 0.29) is 4.99 Å². The molecule has 1 aromatic rings. The van der Waals surface area contributed by atoms with Crippen LogP contribution in [0.4, 0.5) is 0 Å². The van der Waals surface area contributed by atoms with Gasteiger partial charge in [-0.2, -0.15) is 0 Å². The van der Waals surface area contributed by atoms with E-state index in [4.69, 9.17) is 9.05 Å². The van der Waals surface area contributed by atoms with Crippen LogP contribution in [-0.4, -0.2) is 19.5 Å². The zero-order chi connectivity index (χ0) is 13.6. The summed E-state index contributed by atoms with van der Waals surface area (Å²) in [5, 5.41) is 0. The quantitative estimate of drug-likeness (QED) is 0.686. The molecular weight excluding hydrogens is 267 g/mol. The molecule has 0 saturated carbocycles. The van der Waals surface area contributed by atoms with Gasteiger partial charge in [0.1, 0.15) is 4.99 Å². The fourth-order valence-electron chi connectivity index (χ4n) is 1.82. The number of benzene rings is 1. The Hall–Kier alpha value is -0.280. The van der Waals surface area contributed by atoms with Gasteiger partial charge in [0.2, 0.25) is 0 Å². The predicted octanol–water partition coefficient (Wildman–Crippen LogP) is 4.62. The van der Waals surface area contributed by atoms with Crippen molar-refractivity contribution in [2.75, 3.05) is 19.5 Å². The Morgan fingerprint density at radius 3 is 2.22 bits per heavy atom. The van der Waals surface area contributed by atoms with Crippen LogP contribution in [0.25, 0.3) is 0 Å². The second kappa shape index (κ2) is 7.34. The number of thioether (sulfide) groups is 1. The van der Waals surface area contributed by atoms with E-state index in [9.17, 15) is 4.57 Å². The number of aryl methyl sites for hydroxylation is 1. The van der Waals surface area contributed by atoms with E-state index < -0.39 is 7.60 Å². The van der Waals surface area contributed by atoms with E-state index in [0.717, 1.165) is 11.1 Å². The summed E-state index contributed by atoms with van der Waals surface area (Å²) in [6.45, 7) is 6.46. The van der Waals surface area contributed by atoms with E-state index in [2.05, 4.69) is 0 Å². The Kier molecular flexibility index (Phi) is 6.44. The van der Waals surface area contributed by atoms with Crippen molar-refractivity contribution in [1.82, 2.24) is 0 Å². The maximum absolute atomic E-state index is 12.8. The minimum atomic E-state index is -3.12. The lowest BCUT2D eigenvalue weighted by Crippen LogP contribution is -2.05. The largest absolute Gasteiger partial charge is 0.347 e. The Morgan fingerprint density at radius 1 is 1.22 bits per heavy atom. The average molecular weight is 288 g/mol. The Morgan fingerprint density at radius 2 is 1.78 bits per heavy atom. The molecule has 0 bridgehead atoms. The summed E-state index contributed by atoms with van der Waals surface area (Å²) >= 11 is 1.51. The molecule has 0 amide bonds. The van der Waals surface area contributed by atoms with Gasteiger partial charge >= 0.3 is 7.60 Å². The topological polar surface area (TPSA) is 35.5 Å². The van der Waals surface area contributed by atoms with Crippen molar-refractivity contribution < 1.29 is 13.6 Å². The second-order valence-corrected chi connectivity index (χ2v) is 7.22. The van der Waals surface area contributed by atoms with Crippen LogP contribution < -0.4 is 0 Å². The molecule has 0 fully saturated rings. The summed E-state index contributed by atoms with van der Waals surface area (Å²) in [6, 6.07) is 7.93. The maximum Gasteiger partial charge on any atom is 0.347 e. The maximum atomic E-state index is 12.8. The summed E-state index contributed by atoms with van der Waals surface area (Å²) in [5.74, 6) is 0. The van der Waals surface area contributed by atoms with Gasteiger partial charge < -0.3 is 9.05 Å². The van der Waals surface area contributed by atoms with Crippen LogP contribution in [0.3, 0.4) is 0 Å². The SMILES string of the molecule is CCOP(=O)(OCC)C(SC)c1ccccc1C. The normalized spacial score (nSPS) is 13.6. The van der Waals surface area contributed by atoms with Crippen molar-refractivity contribution >= 4 is 19.4 Å². The third-order valence-electron chi connectivity index (χ3n) is 2.58. The molecule has 102 valence electrons. The summed E-state index contributed by atoms with van der Waals surface area (Å²) in [7, 11) is -3.12. The van der Waals surface area contributed by atoms with Crippen molar-refractivity contribution in [1.29, 1.82) is 0 Å². The number of rotatable bonds is 7. The highest BCUT2D eigenvalue weighted by atomic mass is 32.2. The molecule has 0 heterocycles. The van der Waals surface area contributed by atoms with Crippen molar-refractivity contribution in [3.8, 4) is 0 Å². The predicted molar refractivity (Wildman–Crippen MR) is 78.3 cm³/mol. The molecule has 1 rings (SSSR count). The number of hydrogen-bond donors (Lipinski definition) is 0. The van der Waals surface area contributed by atoms with Crippen LogP contribution in [0.2, 0.25) is 0 Å². The zero-order valence-electron chi connectivity index (χ0n) is 11.4. The molecule has 5 heteroatoms. The van der Waals surface area contributed by atoms with E-state index >= 15 is 0 Å². The molecule has 0 saturated heterocycles. The Balaban J connectivity index is 3.14. The lowest BCUT2D eigenvalue weighted by Gasteiger charge is -2.26. The van der Waals surface area contributed by atoms with Crippen molar-refractivity contribution in [2.45, 2.75) is 25.8 Å². The number of hydrogen-bond acceptors (Lipinski definition) is 4. The van der Waals surface area contributed by atoms with Crippen molar-refractivity contribution in [2.24, 2.45) is 0 Å². The highest BCUT2D eigenvalue weighted by molar-refractivity contribution is 8.04. The van der Waals surface area contributed by atoms with Crippen LogP contribution >= 0.6 is 19.4 Å². The first-order valence-electron chi connectivity index (χ1n) is 6.06. The van der Waals surface area contributed by atoms with Gasteiger partial charge in [0, 0.05) is 0 Å². The molecule has 0 N–H and O–H groups in total. The third kappa shape index (κ3) is 3.61. The van der Waals surface area contributed by atoms with Gasteiger partial charge in [-0.05, 0) is 38.2 Å². The van der Waals surface area contributed by atoms with Crippen molar-refractivity contribution in [3.63, 3.8) is 0 Å². The molecule has 0 spiro atoms. The molecule has 0 radical (unpaired) electrons.